The summed E-state index contributed by atoms with van der Waals surface area (Å²) in [5.41, 5.74) is 0. The minimum absolute atomic E-state index is 0.0462. The van der Waals surface area contributed by atoms with Crippen LogP contribution >= 0.6 is 0 Å². The SMILES string of the molecule is CC1CCC(CNC2NC(OCC(F)(F)F)NC(N3CCN(CC(=O)N(C)C)CC3)N2)O1. The number of rotatable bonds is 8. The number of carbonyl (C=O) groups is 1. The van der Waals surface area contributed by atoms with E-state index in [9.17, 15) is 18.0 Å². The Labute approximate surface area is 187 Å². The van der Waals surface area contributed by atoms with Crippen LogP contribution in [-0.2, 0) is 14.3 Å². The molecule has 32 heavy (non-hydrogen) atoms. The molecule has 4 N–H and O–H groups in total. The van der Waals surface area contributed by atoms with Crippen molar-refractivity contribution < 1.29 is 27.4 Å². The summed E-state index contributed by atoms with van der Waals surface area (Å²) in [5, 5.41) is 12.7. The second kappa shape index (κ2) is 11.4. The Balaban J connectivity index is 1.52. The normalized spacial score (nSPS) is 32.9. The van der Waals surface area contributed by atoms with Crippen molar-refractivity contribution >= 4 is 5.91 Å². The average Bonchev–Trinajstić information content (AvgIpc) is 3.16. The van der Waals surface area contributed by atoms with Crippen molar-refractivity contribution in [1.29, 1.82) is 0 Å². The zero-order valence-corrected chi connectivity index (χ0v) is 19.0. The zero-order valence-electron chi connectivity index (χ0n) is 19.0. The van der Waals surface area contributed by atoms with E-state index in [4.69, 9.17) is 9.47 Å². The fourth-order valence-corrected chi connectivity index (χ4v) is 4.00. The monoisotopic (exact) mass is 467 g/mol. The lowest BCUT2D eigenvalue weighted by atomic mass is 10.2. The Morgan fingerprint density at radius 1 is 1.16 bits per heavy atom. The van der Waals surface area contributed by atoms with Gasteiger partial charge in [0.2, 0.25) is 5.91 Å². The van der Waals surface area contributed by atoms with Gasteiger partial charge in [0.25, 0.3) is 0 Å². The molecule has 3 fully saturated rings. The number of amides is 1. The number of nitrogens with zero attached hydrogens (tertiary/aromatic N) is 3. The van der Waals surface area contributed by atoms with Crippen LogP contribution < -0.4 is 21.3 Å². The highest BCUT2D eigenvalue weighted by Gasteiger charge is 2.36. The first kappa shape index (κ1) is 25.6. The van der Waals surface area contributed by atoms with E-state index in [-0.39, 0.29) is 24.4 Å². The van der Waals surface area contributed by atoms with Crippen molar-refractivity contribution in [3.63, 3.8) is 0 Å². The topological polar surface area (TPSA) is 93.4 Å². The fourth-order valence-electron chi connectivity index (χ4n) is 4.00. The smallest absolute Gasteiger partial charge is 0.374 e. The molecule has 0 aliphatic carbocycles. The summed E-state index contributed by atoms with van der Waals surface area (Å²) in [6, 6.07) is 0. The Bertz CT molecular complexity index is 605. The molecule has 5 unspecified atom stereocenters. The Kier molecular flexibility index (Phi) is 9.09. The number of likely N-dealkylation sites (N-methyl/N-ethyl adjacent to an activating group) is 1. The summed E-state index contributed by atoms with van der Waals surface area (Å²) >= 11 is 0. The van der Waals surface area contributed by atoms with Crippen molar-refractivity contribution in [2.45, 2.75) is 57.1 Å². The van der Waals surface area contributed by atoms with Crippen molar-refractivity contribution in [3.05, 3.63) is 0 Å². The van der Waals surface area contributed by atoms with Crippen LogP contribution in [0.15, 0.2) is 0 Å². The molecule has 5 atom stereocenters. The number of nitrogens with one attached hydrogen (secondary N) is 4. The number of ether oxygens (including phenoxy) is 2. The molecule has 0 radical (unpaired) electrons. The highest BCUT2D eigenvalue weighted by molar-refractivity contribution is 5.77. The van der Waals surface area contributed by atoms with E-state index < -0.39 is 25.4 Å². The van der Waals surface area contributed by atoms with Gasteiger partial charge in [0.05, 0.1) is 18.8 Å². The van der Waals surface area contributed by atoms with Crippen molar-refractivity contribution in [3.8, 4) is 0 Å². The molecule has 13 heteroatoms. The summed E-state index contributed by atoms with van der Waals surface area (Å²) in [6.07, 6.45) is -3.97. The number of alkyl halides is 3. The first-order valence-corrected chi connectivity index (χ1v) is 11.1. The summed E-state index contributed by atoms with van der Waals surface area (Å²) in [7, 11) is 3.46. The van der Waals surface area contributed by atoms with Gasteiger partial charge < -0.3 is 14.4 Å². The molecule has 0 aromatic rings. The van der Waals surface area contributed by atoms with Crippen LogP contribution in [0.2, 0.25) is 0 Å². The first-order chi connectivity index (χ1) is 15.1. The predicted molar refractivity (Wildman–Crippen MR) is 111 cm³/mol. The maximum absolute atomic E-state index is 12.7. The maximum Gasteiger partial charge on any atom is 0.411 e. The number of piperazine rings is 1. The molecular formula is C19H36F3N7O3. The van der Waals surface area contributed by atoms with E-state index in [2.05, 4.69) is 31.1 Å². The van der Waals surface area contributed by atoms with E-state index in [0.717, 1.165) is 12.8 Å². The highest BCUT2D eigenvalue weighted by Crippen LogP contribution is 2.19. The van der Waals surface area contributed by atoms with Gasteiger partial charge in [0, 0.05) is 46.8 Å². The van der Waals surface area contributed by atoms with Gasteiger partial charge in [-0.3, -0.25) is 35.9 Å². The number of hydrogen-bond donors (Lipinski definition) is 4. The highest BCUT2D eigenvalue weighted by atomic mass is 19.4. The van der Waals surface area contributed by atoms with Gasteiger partial charge in [-0.25, -0.2) is 0 Å². The Morgan fingerprint density at radius 2 is 1.88 bits per heavy atom. The van der Waals surface area contributed by atoms with Crippen molar-refractivity contribution in [2.75, 3.05) is 60.0 Å². The lowest BCUT2D eigenvalue weighted by molar-refractivity contribution is -0.202. The van der Waals surface area contributed by atoms with Gasteiger partial charge in [-0.05, 0) is 19.8 Å². The van der Waals surface area contributed by atoms with E-state index in [1.54, 1.807) is 19.0 Å². The first-order valence-electron chi connectivity index (χ1n) is 11.1. The molecule has 0 bridgehead atoms. The minimum atomic E-state index is -4.41. The molecule has 0 saturated carbocycles. The third-order valence-electron chi connectivity index (χ3n) is 5.86. The number of hydrogen-bond acceptors (Lipinski definition) is 9. The molecule has 0 spiro atoms. The van der Waals surface area contributed by atoms with E-state index in [0.29, 0.717) is 39.3 Å². The molecular weight excluding hydrogens is 431 g/mol. The maximum atomic E-state index is 12.7. The van der Waals surface area contributed by atoms with Gasteiger partial charge in [0.15, 0.2) is 6.35 Å². The van der Waals surface area contributed by atoms with Crippen LogP contribution in [0, 0.1) is 0 Å². The molecule has 3 heterocycles. The predicted octanol–water partition coefficient (Wildman–Crippen LogP) is -0.939. The average molecular weight is 468 g/mol. The lowest BCUT2D eigenvalue weighted by Gasteiger charge is -2.46. The van der Waals surface area contributed by atoms with Crippen LogP contribution in [0.5, 0.6) is 0 Å². The molecule has 3 rings (SSSR count). The molecule has 0 aromatic carbocycles. The summed E-state index contributed by atoms with van der Waals surface area (Å²) < 4.78 is 48.9. The largest absolute Gasteiger partial charge is 0.411 e. The van der Waals surface area contributed by atoms with Crippen molar-refractivity contribution in [2.24, 2.45) is 0 Å². The quantitative estimate of drug-likeness (QED) is 0.361. The standard InChI is InChI=1S/C19H36F3N7O3/c1-13-4-5-14(32-13)10-23-16-24-17(26-18(25-16)31-12-19(20,21)22)29-8-6-28(7-9-29)11-15(30)27(2)3/h13-14,16-18,23-26H,4-12H2,1-3H3. The van der Waals surface area contributed by atoms with E-state index in [1.165, 1.54) is 0 Å². The summed E-state index contributed by atoms with van der Waals surface area (Å²) in [6.45, 7) is 4.31. The third kappa shape index (κ3) is 8.06. The lowest BCUT2D eigenvalue weighted by Crippen LogP contribution is -2.76. The van der Waals surface area contributed by atoms with Crippen LogP contribution in [0.4, 0.5) is 13.2 Å². The summed E-state index contributed by atoms with van der Waals surface area (Å²) in [5.74, 6) is 0.0462. The van der Waals surface area contributed by atoms with Gasteiger partial charge >= 0.3 is 6.18 Å². The number of halogens is 3. The molecule has 1 amide bonds. The van der Waals surface area contributed by atoms with Crippen LogP contribution in [-0.4, -0.2) is 118 Å². The molecule has 10 nitrogen and oxygen atoms in total. The minimum Gasteiger partial charge on any atom is -0.374 e. The Morgan fingerprint density at radius 3 is 2.47 bits per heavy atom. The Hall–Kier alpha value is -1.06. The summed E-state index contributed by atoms with van der Waals surface area (Å²) in [4.78, 5) is 17.7. The van der Waals surface area contributed by atoms with Gasteiger partial charge in [-0.1, -0.05) is 0 Å². The second-order valence-corrected chi connectivity index (χ2v) is 8.80. The number of carbonyl (C=O) groups excluding carboxylic acids is 1. The second-order valence-electron chi connectivity index (χ2n) is 8.80. The molecule has 186 valence electrons. The molecule has 0 aromatic heterocycles. The van der Waals surface area contributed by atoms with Crippen LogP contribution in [0.25, 0.3) is 0 Å². The fraction of sp³-hybridized carbons (Fsp3) is 0.947. The third-order valence-corrected chi connectivity index (χ3v) is 5.86. The van der Waals surface area contributed by atoms with Gasteiger partial charge in [-0.2, -0.15) is 13.2 Å². The zero-order chi connectivity index (χ0) is 23.3. The molecule has 3 aliphatic rings. The van der Waals surface area contributed by atoms with Gasteiger partial charge in [0.1, 0.15) is 19.2 Å². The van der Waals surface area contributed by atoms with Crippen molar-refractivity contribution in [1.82, 2.24) is 36.0 Å². The molecule has 3 saturated heterocycles. The molecule has 3 aliphatic heterocycles. The van der Waals surface area contributed by atoms with Crippen LogP contribution in [0.3, 0.4) is 0 Å². The van der Waals surface area contributed by atoms with E-state index >= 15 is 0 Å². The van der Waals surface area contributed by atoms with Gasteiger partial charge in [-0.15, -0.1) is 0 Å². The van der Waals surface area contributed by atoms with Crippen LogP contribution in [0.1, 0.15) is 19.8 Å². The van der Waals surface area contributed by atoms with E-state index in [1.807, 2.05) is 6.92 Å².